The number of hydrogen-bond donors (Lipinski definition) is 1. The fourth-order valence-corrected chi connectivity index (χ4v) is 1.10. The van der Waals surface area contributed by atoms with E-state index < -0.39 is 18.9 Å². The topological polar surface area (TPSA) is 68.4 Å². The van der Waals surface area contributed by atoms with Gasteiger partial charge in [0.05, 0.1) is 12.5 Å². The van der Waals surface area contributed by atoms with Crippen LogP contribution in [-0.2, 0) is 17.8 Å². The van der Waals surface area contributed by atoms with E-state index in [-0.39, 0.29) is 30.7 Å². The maximum absolute atomic E-state index is 11.8. The summed E-state index contributed by atoms with van der Waals surface area (Å²) in [4.78, 5) is 3.82. The predicted molar refractivity (Wildman–Crippen MR) is 54.6 cm³/mol. The predicted octanol–water partition coefficient (Wildman–Crippen LogP) is 1.71. The fourth-order valence-electron chi connectivity index (χ4n) is 1.10. The van der Waals surface area contributed by atoms with Crippen molar-refractivity contribution in [1.82, 2.24) is 10.1 Å². The van der Waals surface area contributed by atoms with Gasteiger partial charge in [0.15, 0.2) is 5.82 Å². The maximum atomic E-state index is 11.8. The van der Waals surface area contributed by atoms with Gasteiger partial charge in [-0.2, -0.15) is 18.2 Å². The second-order valence-corrected chi connectivity index (χ2v) is 4.23. The summed E-state index contributed by atoms with van der Waals surface area (Å²) >= 11 is 0. The van der Waals surface area contributed by atoms with E-state index in [0.717, 1.165) is 0 Å². The molecule has 1 heterocycles. The minimum absolute atomic E-state index is 0.0295. The molecule has 0 saturated carbocycles. The van der Waals surface area contributed by atoms with E-state index >= 15 is 0 Å². The second kappa shape index (κ2) is 6.14. The maximum Gasteiger partial charge on any atom is 0.411 e. The van der Waals surface area contributed by atoms with E-state index in [0.29, 0.717) is 0 Å². The van der Waals surface area contributed by atoms with Gasteiger partial charge in [0.1, 0.15) is 13.2 Å². The summed E-state index contributed by atoms with van der Waals surface area (Å²) in [6.07, 6.45) is -4.83. The van der Waals surface area contributed by atoms with Crippen molar-refractivity contribution in [3.05, 3.63) is 11.7 Å². The Morgan fingerprint density at radius 1 is 1.39 bits per heavy atom. The molecule has 0 aliphatic carbocycles. The van der Waals surface area contributed by atoms with E-state index in [1.807, 2.05) is 13.8 Å². The third kappa shape index (κ3) is 5.46. The molecule has 1 unspecified atom stereocenters. The zero-order chi connectivity index (χ0) is 13.8. The minimum atomic E-state index is -4.37. The van der Waals surface area contributed by atoms with Gasteiger partial charge in [-0.3, -0.25) is 0 Å². The lowest BCUT2D eigenvalue weighted by atomic mass is 10.0. The highest BCUT2D eigenvalue weighted by Crippen LogP contribution is 2.15. The van der Waals surface area contributed by atoms with E-state index in [2.05, 4.69) is 14.9 Å². The normalized spacial score (nSPS) is 14.2. The summed E-state index contributed by atoms with van der Waals surface area (Å²) < 4.78 is 44.6. The molecule has 8 heteroatoms. The molecular formula is C10H15F3N2O3. The number of halogens is 3. The van der Waals surface area contributed by atoms with Crippen LogP contribution in [0.3, 0.4) is 0 Å². The van der Waals surface area contributed by atoms with Gasteiger partial charge in [0.2, 0.25) is 5.89 Å². The smallest absolute Gasteiger partial charge is 0.392 e. The quantitative estimate of drug-likeness (QED) is 0.850. The highest BCUT2D eigenvalue weighted by molar-refractivity contribution is 4.87. The van der Waals surface area contributed by atoms with Crippen LogP contribution in [0.5, 0.6) is 0 Å². The van der Waals surface area contributed by atoms with Crippen LogP contribution in [0.4, 0.5) is 13.2 Å². The van der Waals surface area contributed by atoms with E-state index in [1.54, 1.807) is 0 Å². The number of aliphatic hydroxyl groups excluding tert-OH is 1. The van der Waals surface area contributed by atoms with Crippen molar-refractivity contribution >= 4 is 0 Å². The van der Waals surface area contributed by atoms with Crippen LogP contribution in [-0.4, -0.2) is 34.1 Å². The van der Waals surface area contributed by atoms with Crippen LogP contribution in [0.25, 0.3) is 0 Å². The van der Waals surface area contributed by atoms with Crippen LogP contribution in [0.15, 0.2) is 4.52 Å². The van der Waals surface area contributed by atoms with Gasteiger partial charge in [0.25, 0.3) is 0 Å². The zero-order valence-corrected chi connectivity index (χ0v) is 10.1. The lowest BCUT2D eigenvalue weighted by Gasteiger charge is -2.10. The number of rotatable bonds is 6. The fraction of sp³-hybridized carbons (Fsp3) is 0.800. The van der Waals surface area contributed by atoms with E-state index in [4.69, 9.17) is 4.52 Å². The lowest BCUT2D eigenvalue weighted by Crippen LogP contribution is -2.18. The van der Waals surface area contributed by atoms with Gasteiger partial charge < -0.3 is 14.4 Å². The standard InChI is InChI=1S/C10H15F3N2O3/c1-6(2)7(16)3-9-14-8(15-18-9)4-17-5-10(11,12)13/h6-7,16H,3-5H2,1-2H3. The van der Waals surface area contributed by atoms with Gasteiger partial charge >= 0.3 is 6.18 Å². The Morgan fingerprint density at radius 2 is 2.06 bits per heavy atom. The molecular weight excluding hydrogens is 253 g/mol. The van der Waals surface area contributed by atoms with Crippen LogP contribution < -0.4 is 0 Å². The first kappa shape index (κ1) is 14.9. The molecule has 0 aliphatic rings. The van der Waals surface area contributed by atoms with Crippen molar-refractivity contribution in [3.8, 4) is 0 Å². The summed E-state index contributed by atoms with van der Waals surface area (Å²) in [5.74, 6) is 0.244. The van der Waals surface area contributed by atoms with Gasteiger partial charge in [-0.15, -0.1) is 0 Å². The van der Waals surface area contributed by atoms with Crippen LogP contribution in [0.1, 0.15) is 25.6 Å². The Bertz CT molecular complexity index is 365. The molecule has 104 valence electrons. The zero-order valence-electron chi connectivity index (χ0n) is 10.1. The molecule has 1 rings (SSSR count). The first-order valence-electron chi connectivity index (χ1n) is 5.42. The Kier molecular flexibility index (Phi) is 5.09. The number of nitrogens with zero attached hydrogens (tertiary/aromatic N) is 2. The first-order chi connectivity index (χ1) is 8.28. The Hall–Kier alpha value is -1.15. The number of alkyl halides is 3. The molecule has 0 spiro atoms. The Labute approximate surface area is 102 Å². The van der Waals surface area contributed by atoms with Crippen molar-refractivity contribution in [2.45, 2.75) is 39.2 Å². The van der Waals surface area contributed by atoms with Gasteiger partial charge in [-0.05, 0) is 5.92 Å². The summed E-state index contributed by atoms with van der Waals surface area (Å²) in [5.41, 5.74) is 0. The summed E-state index contributed by atoms with van der Waals surface area (Å²) in [5, 5.41) is 13.0. The number of aromatic nitrogens is 2. The van der Waals surface area contributed by atoms with Crippen LogP contribution in [0, 0.1) is 5.92 Å². The largest absolute Gasteiger partial charge is 0.411 e. The van der Waals surface area contributed by atoms with Crippen molar-refractivity contribution in [2.24, 2.45) is 5.92 Å². The molecule has 0 aliphatic heterocycles. The lowest BCUT2D eigenvalue weighted by molar-refractivity contribution is -0.177. The average Bonchev–Trinajstić information content (AvgIpc) is 2.63. The number of aliphatic hydroxyl groups is 1. The average molecular weight is 268 g/mol. The third-order valence-corrected chi connectivity index (χ3v) is 2.16. The molecule has 18 heavy (non-hydrogen) atoms. The number of ether oxygens (including phenoxy) is 1. The summed E-state index contributed by atoms with van der Waals surface area (Å²) in [7, 11) is 0. The highest BCUT2D eigenvalue weighted by Gasteiger charge is 2.27. The Morgan fingerprint density at radius 3 is 2.61 bits per heavy atom. The molecule has 0 fully saturated rings. The van der Waals surface area contributed by atoms with E-state index in [1.165, 1.54) is 0 Å². The molecule has 5 nitrogen and oxygen atoms in total. The van der Waals surface area contributed by atoms with Crippen LogP contribution in [0.2, 0.25) is 0 Å². The number of hydrogen-bond acceptors (Lipinski definition) is 5. The van der Waals surface area contributed by atoms with Crippen LogP contribution >= 0.6 is 0 Å². The molecule has 0 saturated heterocycles. The molecule has 0 radical (unpaired) electrons. The third-order valence-electron chi connectivity index (χ3n) is 2.16. The van der Waals surface area contributed by atoms with Gasteiger partial charge in [0, 0.05) is 0 Å². The van der Waals surface area contributed by atoms with E-state index in [9.17, 15) is 18.3 Å². The molecule has 1 N–H and O–H groups in total. The molecule has 1 atom stereocenters. The summed E-state index contributed by atoms with van der Waals surface area (Å²) in [6, 6.07) is 0. The SMILES string of the molecule is CC(C)C(O)Cc1nc(COCC(F)(F)F)no1. The van der Waals surface area contributed by atoms with Crippen molar-refractivity contribution < 1.29 is 27.5 Å². The van der Waals surface area contributed by atoms with Gasteiger partial charge in [-0.1, -0.05) is 19.0 Å². The minimum Gasteiger partial charge on any atom is -0.392 e. The highest BCUT2D eigenvalue weighted by atomic mass is 19.4. The second-order valence-electron chi connectivity index (χ2n) is 4.23. The summed E-state index contributed by atoms with van der Waals surface area (Å²) in [6.45, 7) is 1.93. The van der Waals surface area contributed by atoms with Crippen molar-refractivity contribution in [2.75, 3.05) is 6.61 Å². The molecule has 1 aromatic rings. The molecule has 0 amide bonds. The molecule has 0 aromatic carbocycles. The first-order valence-corrected chi connectivity index (χ1v) is 5.42. The van der Waals surface area contributed by atoms with Crippen molar-refractivity contribution in [1.29, 1.82) is 0 Å². The van der Waals surface area contributed by atoms with Gasteiger partial charge in [-0.25, -0.2) is 0 Å². The monoisotopic (exact) mass is 268 g/mol. The molecule has 1 aromatic heterocycles. The molecule has 0 bridgehead atoms. The van der Waals surface area contributed by atoms with Crippen molar-refractivity contribution in [3.63, 3.8) is 0 Å². The Balaban J connectivity index is 2.39.